The van der Waals surface area contributed by atoms with E-state index in [9.17, 15) is 4.79 Å². The number of carbonyl (C=O) groups is 1. The van der Waals surface area contributed by atoms with E-state index in [1.165, 1.54) is 5.56 Å². The van der Waals surface area contributed by atoms with E-state index in [0.29, 0.717) is 27.3 Å². The monoisotopic (exact) mass is 358 g/mol. The molecule has 0 bridgehead atoms. The van der Waals surface area contributed by atoms with Crippen LogP contribution in [0.3, 0.4) is 0 Å². The van der Waals surface area contributed by atoms with Gasteiger partial charge in [0, 0.05) is 15.6 Å². The van der Waals surface area contributed by atoms with Crippen molar-refractivity contribution in [1.82, 2.24) is 0 Å². The molecule has 2 nitrogen and oxygen atoms in total. The highest BCUT2D eigenvalue weighted by Gasteiger charge is 2.22. The van der Waals surface area contributed by atoms with Crippen LogP contribution in [0.25, 0.3) is 11.8 Å². The molecule has 1 aliphatic rings. The third kappa shape index (κ3) is 3.55. The van der Waals surface area contributed by atoms with E-state index in [1.54, 1.807) is 30.4 Å². The zero-order chi connectivity index (χ0) is 17.3. The van der Waals surface area contributed by atoms with Crippen molar-refractivity contribution in [1.29, 1.82) is 0 Å². The molecule has 0 aromatic heterocycles. The smallest absolute Gasteiger partial charge is 0.343 e. The fourth-order valence-corrected chi connectivity index (χ4v) is 2.91. The number of ether oxygens (including phenoxy) is 1. The highest BCUT2D eigenvalue weighted by atomic mass is 35.5. The van der Waals surface area contributed by atoms with Gasteiger partial charge in [0.05, 0.1) is 5.57 Å². The van der Waals surface area contributed by atoms with Crippen molar-refractivity contribution >= 4 is 41.0 Å². The molecule has 24 heavy (non-hydrogen) atoms. The van der Waals surface area contributed by atoms with Crippen LogP contribution in [0.1, 0.15) is 36.5 Å². The van der Waals surface area contributed by atoms with Gasteiger partial charge in [0.1, 0.15) is 5.76 Å². The molecule has 0 amide bonds. The Morgan fingerprint density at radius 2 is 1.75 bits per heavy atom. The molecule has 0 unspecified atom stereocenters. The lowest BCUT2D eigenvalue weighted by Gasteiger charge is -2.06. The second kappa shape index (κ2) is 6.84. The van der Waals surface area contributed by atoms with Crippen molar-refractivity contribution in [2.75, 3.05) is 0 Å². The molecular formula is C20H16Cl2O2. The molecule has 122 valence electrons. The molecular weight excluding hydrogens is 343 g/mol. The maximum atomic E-state index is 12.1. The Balaban J connectivity index is 1.91. The highest BCUT2D eigenvalue weighted by molar-refractivity contribution is 6.35. The zero-order valence-electron chi connectivity index (χ0n) is 13.3. The lowest BCUT2D eigenvalue weighted by Crippen LogP contribution is -1.97. The average Bonchev–Trinajstić information content (AvgIpc) is 2.91. The summed E-state index contributed by atoms with van der Waals surface area (Å²) >= 11 is 12.0. The van der Waals surface area contributed by atoms with Crippen LogP contribution in [0.4, 0.5) is 0 Å². The summed E-state index contributed by atoms with van der Waals surface area (Å²) in [6, 6.07) is 13.2. The molecule has 0 spiro atoms. The second-order valence-corrected chi connectivity index (χ2v) is 6.78. The predicted molar refractivity (Wildman–Crippen MR) is 99.0 cm³/mol. The van der Waals surface area contributed by atoms with Crippen LogP contribution in [0, 0.1) is 0 Å². The van der Waals surface area contributed by atoms with Crippen molar-refractivity contribution in [2.45, 2.75) is 19.8 Å². The van der Waals surface area contributed by atoms with Crippen LogP contribution >= 0.6 is 23.2 Å². The van der Waals surface area contributed by atoms with Crippen LogP contribution in [0.2, 0.25) is 10.0 Å². The number of esters is 1. The first kappa shape index (κ1) is 16.8. The minimum Gasteiger partial charge on any atom is -0.422 e. The Morgan fingerprint density at radius 3 is 2.38 bits per heavy atom. The Labute approximate surface area is 151 Å². The maximum Gasteiger partial charge on any atom is 0.343 e. The molecule has 2 aromatic carbocycles. The van der Waals surface area contributed by atoms with Crippen LogP contribution in [-0.2, 0) is 9.53 Å². The van der Waals surface area contributed by atoms with Gasteiger partial charge in [0.2, 0.25) is 0 Å². The molecule has 0 fully saturated rings. The summed E-state index contributed by atoms with van der Waals surface area (Å²) < 4.78 is 5.38. The van der Waals surface area contributed by atoms with Gasteiger partial charge in [-0.25, -0.2) is 4.79 Å². The largest absolute Gasteiger partial charge is 0.422 e. The van der Waals surface area contributed by atoms with Gasteiger partial charge in [0.15, 0.2) is 0 Å². The van der Waals surface area contributed by atoms with Gasteiger partial charge in [-0.1, -0.05) is 67.4 Å². The number of benzene rings is 2. The summed E-state index contributed by atoms with van der Waals surface area (Å²) in [5, 5.41) is 1.04. The molecule has 0 saturated carbocycles. The quantitative estimate of drug-likeness (QED) is 0.489. The van der Waals surface area contributed by atoms with Crippen molar-refractivity contribution in [2.24, 2.45) is 0 Å². The Hall–Kier alpha value is -2.03. The fraction of sp³-hybridized carbons (Fsp3) is 0.150. The van der Waals surface area contributed by atoms with Gasteiger partial charge in [0.25, 0.3) is 0 Å². The maximum absolute atomic E-state index is 12.1. The highest BCUT2D eigenvalue weighted by Crippen LogP contribution is 2.30. The summed E-state index contributed by atoms with van der Waals surface area (Å²) in [6.07, 6.45) is 3.44. The molecule has 2 aromatic rings. The van der Waals surface area contributed by atoms with Gasteiger partial charge in [-0.3, -0.25) is 0 Å². The number of halogens is 2. The predicted octanol–water partition coefficient (Wildman–Crippen LogP) is 6.10. The fourth-order valence-electron chi connectivity index (χ4n) is 2.45. The van der Waals surface area contributed by atoms with Crippen LogP contribution in [-0.4, -0.2) is 5.97 Å². The first-order valence-corrected chi connectivity index (χ1v) is 8.40. The molecule has 0 radical (unpaired) electrons. The molecule has 0 saturated heterocycles. The molecule has 0 atom stereocenters. The summed E-state index contributed by atoms with van der Waals surface area (Å²) in [4.78, 5) is 12.1. The number of carbonyl (C=O) groups excluding carboxylic acids is 1. The van der Waals surface area contributed by atoms with E-state index in [-0.39, 0.29) is 5.97 Å². The minimum atomic E-state index is -0.385. The standard InChI is InChI=1S/C20H16Cl2O2/c1-12(2)13-3-5-14(6-4-13)19-10-16(20(23)24-19)9-15-7-8-17(21)11-18(15)22/h3-12H,1-2H3/b16-9+. The number of hydrogen-bond donors (Lipinski definition) is 0. The average molecular weight is 359 g/mol. The van der Waals surface area contributed by atoms with Crippen molar-refractivity contribution in [3.05, 3.63) is 80.8 Å². The number of hydrogen-bond acceptors (Lipinski definition) is 2. The van der Waals surface area contributed by atoms with Crippen LogP contribution in [0.5, 0.6) is 0 Å². The lowest BCUT2D eigenvalue weighted by atomic mass is 10.0. The lowest BCUT2D eigenvalue weighted by molar-refractivity contribution is -0.130. The zero-order valence-corrected chi connectivity index (χ0v) is 14.9. The minimum absolute atomic E-state index is 0.385. The normalized spacial score (nSPS) is 15.8. The van der Waals surface area contributed by atoms with E-state index < -0.39 is 0 Å². The van der Waals surface area contributed by atoms with Crippen molar-refractivity contribution in [3.63, 3.8) is 0 Å². The Kier molecular flexibility index (Phi) is 4.79. The van der Waals surface area contributed by atoms with Gasteiger partial charge in [-0.15, -0.1) is 0 Å². The summed E-state index contributed by atoms with van der Waals surface area (Å²) in [5.41, 5.74) is 3.30. The van der Waals surface area contributed by atoms with E-state index in [1.807, 2.05) is 24.3 Å². The third-order valence-corrected chi connectivity index (χ3v) is 4.42. The van der Waals surface area contributed by atoms with E-state index in [4.69, 9.17) is 27.9 Å². The number of rotatable bonds is 3. The first-order chi connectivity index (χ1) is 11.4. The molecule has 0 N–H and O–H groups in total. The second-order valence-electron chi connectivity index (χ2n) is 5.94. The van der Waals surface area contributed by atoms with E-state index >= 15 is 0 Å². The Bertz CT molecular complexity index is 846. The van der Waals surface area contributed by atoms with Crippen LogP contribution in [0.15, 0.2) is 54.1 Å². The van der Waals surface area contributed by atoms with Gasteiger partial charge < -0.3 is 4.74 Å². The van der Waals surface area contributed by atoms with Gasteiger partial charge >= 0.3 is 5.97 Å². The van der Waals surface area contributed by atoms with Crippen molar-refractivity contribution < 1.29 is 9.53 Å². The molecule has 1 heterocycles. The summed E-state index contributed by atoms with van der Waals surface area (Å²) in [6.45, 7) is 4.28. The molecule has 0 aliphatic carbocycles. The third-order valence-electron chi connectivity index (χ3n) is 3.86. The van der Waals surface area contributed by atoms with Gasteiger partial charge in [-0.2, -0.15) is 0 Å². The summed E-state index contributed by atoms with van der Waals surface area (Å²) in [5.74, 6) is 0.622. The van der Waals surface area contributed by atoms with E-state index in [0.717, 1.165) is 11.1 Å². The molecule has 1 aliphatic heterocycles. The van der Waals surface area contributed by atoms with E-state index in [2.05, 4.69) is 13.8 Å². The number of cyclic esters (lactones) is 1. The Morgan fingerprint density at radius 1 is 1.04 bits per heavy atom. The topological polar surface area (TPSA) is 26.3 Å². The summed E-state index contributed by atoms with van der Waals surface area (Å²) in [7, 11) is 0. The molecule has 3 rings (SSSR count). The SMILES string of the molecule is CC(C)c1ccc(C2=C/C(=C\c3ccc(Cl)cc3Cl)C(=O)O2)cc1. The van der Waals surface area contributed by atoms with Crippen molar-refractivity contribution in [3.8, 4) is 0 Å². The van der Waals surface area contributed by atoms with Gasteiger partial charge in [-0.05, 0) is 41.3 Å². The van der Waals surface area contributed by atoms with Crippen LogP contribution < -0.4 is 0 Å². The first-order valence-electron chi connectivity index (χ1n) is 7.65. The molecule has 4 heteroatoms.